The van der Waals surface area contributed by atoms with Crippen LogP contribution in [0.4, 0.5) is 5.69 Å². The average molecular weight is 372 g/mol. The largest absolute Gasteiger partial charge is 0.379 e. The van der Waals surface area contributed by atoms with Crippen LogP contribution in [0.2, 0.25) is 0 Å². The van der Waals surface area contributed by atoms with Crippen molar-refractivity contribution in [3.8, 4) is 0 Å². The molecule has 3 rings (SSSR count). The van der Waals surface area contributed by atoms with Gasteiger partial charge in [-0.25, -0.2) is 4.98 Å². The second kappa shape index (κ2) is 9.71. The monoisotopic (exact) mass is 371 g/mol. The number of thioether (sulfide) groups is 1. The van der Waals surface area contributed by atoms with Crippen LogP contribution in [-0.4, -0.2) is 54.4 Å². The van der Waals surface area contributed by atoms with Crippen LogP contribution in [0.3, 0.4) is 0 Å². The van der Waals surface area contributed by atoms with Gasteiger partial charge in [-0.3, -0.25) is 9.69 Å². The van der Waals surface area contributed by atoms with E-state index < -0.39 is 0 Å². The maximum Gasteiger partial charge on any atom is 0.257 e. The number of nitrogens with zero attached hydrogens (tertiary/aromatic N) is 2. The molecule has 6 heteroatoms. The van der Waals surface area contributed by atoms with Crippen molar-refractivity contribution >= 4 is 23.4 Å². The summed E-state index contributed by atoms with van der Waals surface area (Å²) in [6, 6.07) is 11.7. The van der Waals surface area contributed by atoms with Crippen molar-refractivity contribution in [3.05, 3.63) is 53.7 Å². The summed E-state index contributed by atoms with van der Waals surface area (Å²) in [5, 5.41) is 3.86. The average Bonchev–Trinajstić information content (AvgIpc) is 2.70. The molecule has 1 aromatic heterocycles. The van der Waals surface area contributed by atoms with E-state index >= 15 is 0 Å². The molecule has 1 N–H and O–H groups in total. The number of amides is 1. The maximum atomic E-state index is 12.3. The molecule has 0 saturated carbocycles. The van der Waals surface area contributed by atoms with Crippen LogP contribution >= 0.6 is 11.8 Å². The van der Waals surface area contributed by atoms with Gasteiger partial charge in [-0.1, -0.05) is 19.1 Å². The first-order chi connectivity index (χ1) is 12.7. The van der Waals surface area contributed by atoms with E-state index in [1.165, 1.54) is 5.56 Å². The van der Waals surface area contributed by atoms with Crippen molar-refractivity contribution in [2.24, 2.45) is 0 Å². The van der Waals surface area contributed by atoms with Crippen LogP contribution in [0.1, 0.15) is 22.8 Å². The molecule has 1 aliphatic rings. The maximum absolute atomic E-state index is 12.3. The Morgan fingerprint density at radius 3 is 2.62 bits per heavy atom. The number of rotatable bonds is 7. The molecule has 0 aliphatic carbocycles. The fourth-order valence-corrected chi connectivity index (χ4v) is 3.58. The van der Waals surface area contributed by atoms with E-state index in [-0.39, 0.29) is 5.91 Å². The number of hydrogen-bond acceptors (Lipinski definition) is 5. The summed E-state index contributed by atoms with van der Waals surface area (Å²) < 4.78 is 5.36. The minimum atomic E-state index is -0.133. The van der Waals surface area contributed by atoms with Gasteiger partial charge in [-0.15, -0.1) is 11.8 Å². The number of carbonyl (C=O) groups excluding carboxylic acids is 1. The van der Waals surface area contributed by atoms with E-state index in [0.29, 0.717) is 5.56 Å². The Bertz CT molecular complexity index is 698. The molecular weight excluding hydrogens is 346 g/mol. The van der Waals surface area contributed by atoms with Crippen molar-refractivity contribution in [2.45, 2.75) is 18.4 Å². The van der Waals surface area contributed by atoms with Crippen molar-refractivity contribution in [1.82, 2.24) is 9.88 Å². The first kappa shape index (κ1) is 18.9. The van der Waals surface area contributed by atoms with E-state index in [9.17, 15) is 4.79 Å². The molecule has 138 valence electrons. The highest BCUT2D eigenvalue weighted by Gasteiger charge is 2.10. The van der Waals surface area contributed by atoms with Crippen LogP contribution in [0, 0.1) is 0 Å². The van der Waals surface area contributed by atoms with Crippen molar-refractivity contribution < 1.29 is 9.53 Å². The zero-order valence-electron chi connectivity index (χ0n) is 15.1. The lowest BCUT2D eigenvalue weighted by Crippen LogP contribution is -2.37. The highest BCUT2D eigenvalue weighted by molar-refractivity contribution is 7.99. The molecule has 0 atom stereocenters. The third-order valence-electron chi connectivity index (χ3n) is 4.38. The number of hydrogen-bond donors (Lipinski definition) is 1. The SMILES string of the molecule is CCc1ccc(NC(=O)c2ccc(SCCN3CCOCC3)nc2)cc1. The second-order valence-electron chi connectivity index (χ2n) is 6.19. The lowest BCUT2D eigenvalue weighted by atomic mass is 10.1. The number of carbonyl (C=O) groups is 1. The highest BCUT2D eigenvalue weighted by atomic mass is 32.2. The van der Waals surface area contributed by atoms with Crippen LogP contribution in [0.15, 0.2) is 47.6 Å². The molecule has 1 saturated heterocycles. The molecule has 1 fully saturated rings. The van der Waals surface area contributed by atoms with Crippen molar-refractivity contribution in [3.63, 3.8) is 0 Å². The molecule has 0 spiro atoms. The molecule has 0 bridgehead atoms. The summed E-state index contributed by atoms with van der Waals surface area (Å²) in [5.41, 5.74) is 2.63. The van der Waals surface area contributed by atoms with Crippen LogP contribution in [0.25, 0.3) is 0 Å². The molecule has 26 heavy (non-hydrogen) atoms. The van der Waals surface area contributed by atoms with E-state index in [2.05, 4.69) is 22.1 Å². The molecular formula is C20H25N3O2S. The molecule has 0 radical (unpaired) electrons. The molecule has 5 nitrogen and oxygen atoms in total. The first-order valence-corrected chi connectivity index (χ1v) is 10.0. The number of nitrogens with one attached hydrogen (secondary N) is 1. The fourth-order valence-electron chi connectivity index (χ4n) is 2.73. The molecule has 2 aromatic rings. The Labute approximate surface area is 159 Å². The predicted octanol–water partition coefficient (Wildman–Crippen LogP) is 3.32. The quantitative estimate of drug-likeness (QED) is 0.757. The normalized spacial score (nSPS) is 15.0. The Hall–Kier alpha value is -1.89. The van der Waals surface area contributed by atoms with E-state index in [1.807, 2.05) is 36.4 Å². The minimum absolute atomic E-state index is 0.133. The van der Waals surface area contributed by atoms with E-state index in [0.717, 1.165) is 55.7 Å². The standard InChI is InChI=1S/C20H25N3O2S/c1-2-16-3-6-18(7-4-16)22-20(24)17-5-8-19(21-15-17)26-14-11-23-9-12-25-13-10-23/h3-8,15H,2,9-14H2,1H3,(H,22,24). The van der Waals surface area contributed by atoms with Gasteiger partial charge in [-0.2, -0.15) is 0 Å². The van der Waals surface area contributed by atoms with Gasteiger partial charge in [0.1, 0.15) is 0 Å². The second-order valence-corrected chi connectivity index (χ2v) is 7.31. The molecule has 0 unspecified atom stereocenters. The van der Waals surface area contributed by atoms with E-state index in [4.69, 9.17) is 4.74 Å². The van der Waals surface area contributed by atoms with Gasteiger partial charge < -0.3 is 10.1 Å². The molecule has 1 amide bonds. The topological polar surface area (TPSA) is 54.5 Å². The molecule has 1 aromatic carbocycles. The third kappa shape index (κ3) is 5.56. The van der Waals surface area contributed by atoms with Crippen LogP contribution < -0.4 is 5.32 Å². The smallest absolute Gasteiger partial charge is 0.257 e. The lowest BCUT2D eigenvalue weighted by Gasteiger charge is -2.26. The molecule has 1 aliphatic heterocycles. The number of morpholine rings is 1. The number of anilines is 1. The summed E-state index contributed by atoms with van der Waals surface area (Å²) in [6.07, 6.45) is 2.63. The lowest BCUT2D eigenvalue weighted by molar-refractivity contribution is 0.0410. The number of benzene rings is 1. The van der Waals surface area contributed by atoms with E-state index in [1.54, 1.807) is 18.0 Å². The van der Waals surface area contributed by atoms with Gasteiger partial charge >= 0.3 is 0 Å². The van der Waals surface area contributed by atoms with Crippen LogP contribution in [0.5, 0.6) is 0 Å². The summed E-state index contributed by atoms with van der Waals surface area (Å²) in [4.78, 5) is 19.1. The predicted molar refractivity (Wildman–Crippen MR) is 106 cm³/mol. The van der Waals surface area contributed by atoms with Gasteiger partial charge in [-0.05, 0) is 36.2 Å². The zero-order chi connectivity index (χ0) is 18.2. The van der Waals surface area contributed by atoms with Gasteiger partial charge in [0, 0.05) is 37.3 Å². The van der Waals surface area contributed by atoms with Crippen LogP contribution in [-0.2, 0) is 11.2 Å². The molecule has 2 heterocycles. The summed E-state index contributed by atoms with van der Waals surface area (Å²) >= 11 is 1.72. The number of aryl methyl sites for hydroxylation is 1. The summed E-state index contributed by atoms with van der Waals surface area (Å²) in [6.45, 7) is 6.81. The Morgan fingerprint density at radius 2 is 1.96 bits per heavy atom. The first-order valence-electron chi connectivity index (χ1n) is 9.04. The van der Waals surface area contributed by atoms with Crippen molar-refractivity contribution in [2.75, 3.05) is 43.9 Å². The van der Waals surface area contributed by atoms with Gasteiger partial charge in [0.25, 0.3) is 5.91 Å². The fraction of sp³-hybridized carbons (Fsp3) is 0.400. The van der Waals surface area contributed by atoms with Gasteiger partial charge in [0.15, 0.2) is 0 Å². The third-order valence-corrected chi connectivity index (χ3v) is 5.30. The Kier molecular flexibility index (Phi) is 7.05. The number of ether oxygens (including phenoxy) is 1. The van der Waals surface area contributed by atoms with Gasteiger partial charge in [0.05, 0.1) is 23.8 Å². The minimum Gasteiger partial charge on any atom is -0.379 e. The van der Waals surface area contributed by atoms with Crippen molar-refractivity contribution in [1.29, 1.82) is 0 Å². The number of pyridine rings is 1. The Morgan fingerprint density at radius 1 is 1.19 bits per heavy atom. The number of aromatic nitrogens is 1. The van der Waals surface area contributed by atoms with Gasteiger partial charge in [0.2, 0.25) is 0 Å². The summed E-state index contributed by atoms with van der Waals surface area (Å²) in [5.74, 6) is 0.856. The Balaban J connectivity index is 1.47. The summed E-state index contributed by atoms with van der Waals surface area (Å²) in [7, 11) is 0. The highest BCUT2D eigenvalue weighted by Crippen LogP contribution is 2.17. The zero-order valence-corrected chi connectivity index (χ0v) is 15.9.